The highest BCUT2D eigenvalue weighted by Crippen LogP contribution is 2.22. The van der Waals surface area contributed by atoms with Crippen molar-refractivity contribution in [3.63, 3.8) is 0 Å². The molecule has 4 nitrogen and oxygen atoms in total. The monoisotopic (exact) mass is 441 g/mol. The van der Waals surface area contributed by atoms with Crippen molar-refractivity contribution in [1.29, 1.82) is 0 Å². The zero-order valence-corrected chi connectivity index (χ0v) is 17.0. The number of aromatic nitrogens is 1. The van der Waals surface area contributed by atoms with E-state index in [1.54, 1.807) is 11.7 Å². The summed E-state index contributed by atoms with van der Waals surface area (Å²) >= 11 is 9.02. The van der Waals surface area contributed by atoms with E-state index in [-0.39, 0.29) is 5.76 Å². The Balaban J connectivity index is 2.00. The van der Waals surface area contributed by atoms with E-state index in [0.717, 1.165) is 15.9 Å². The summed E-state index contributed by atoms with van der Waals surface area (Å²) in [6.45, 7) is 0. The van der Waals surface area contributed by atoms with Crippen LogP contribution in [0.4, 0.5) is 5.69 Å². The number of aliphatic hydroxyl groups is 1. The van der Waals surface area contributed by atoms with Crippen LogP contribution in [0.15, 0.2) is 83.6 Å². The molecular formula is C21H18BrN2O2S+. The van der Waals surface area contributed by atoms with Crippen LogP contribution in [0.2, 0.25) is 0 Å². The Morgan fingerprint density at radius 1 is 1.00 bits per heavy atom. The molecule has 0 aliphatic carbocycles. The lowest BCUT2D eigenvalue weighted by atomic mass is 10.1. The minimum atomic E-state index is 0.0877. The van der Waals surface area contributed by atoms with Gasteiger partial charge in [-0.2, -0.15) is 4.57 Å². The lowest BCUT2D eigenvalue weighted by Gasteiger charge is -2.10. The summed E-state index contributed by atoms with van der Waals surface area (Å²) in [4.78, 5) is 0.400. The van der Waals surface area contributed by atoms with Gasteiger partial charge >= 0.3 is 0 Å². The Morgan fingerprint density at radius 3 is 2.22 bits per heavy atom. The van der Waals surface area contributed by atoms with Crippen LogP contribution >= 0.6 is 28.1 Å². The number of benzene rings is 2. The third-order valence-electron chi connectivity index (χ3n) is 3.88. The first-order chi connectivity index (χ1) is 13.1. The van der Waals surface area contributed by atoms with Crippen molar-refractivity contribution in [2.24, 2.45) is 0 Å². The minimum Gasteiger partial charge on any atom is -0.502 e. The topological polar surface area (TPSA) is 45.4 Å². The zero-order chi connectivity index (χ0) is 19.2. The molecule has 0 unspecified atom stereocenters. The molecule has 0 bridgehead atoms. The summed E-state index contributed by atoms with van der Waals surface area (Å²) in [5, 5.41) is 14.1. The van der Waals surface area contributed by atoms with Gasteiger partial charge in [-0.1, -0.05) is 34.2 Å². The van der Waals surface area contributed by atoms with E-state index < -0.39 is 0 Å². The van der Waals surface area contributed by atoms with Gasteiger partial charge in [0.1, 0.15) is 5.75 Å². The molecule has 1 aromatic heterocycles. The van der Waals surface area contributed by atoms with Gasteiger partial charge in [0.25, 0.3) is 5.70 Å². The number of pyridine rings is 1. The van der Waals surface area contributed by atoms with Crippen LogP contribution in [0.25, 0.3) is 11.5 Å². The quantitative estimate of drug-likeness (QED) is 0.251. The Bertz CT molecular complexity index is 956. The van der Waals surface area contributed by atoms with Gasteiger partial charge in [0.05, 0.1) is 7.11 Å². The van der Waals surface area contributed by atoms with E-state index in [9.17, 15) is 5.11 Å². The molecule has 2 aromatic carbocycles. The van der Waals surface area contributed by atoms with Crippen molar-refractivity contribution in [2.45, 2.75) is 0 Å². The van der Waals surface area contributed by atoms with Crippen LogP contribution in [0.5, 0.6) is 5.75 Å². The first-order valence-electron chi connectivity index (χ1n) is 8.20. The van der Waals surface area contributed by atoms with Crippen molar-refractivity contribution in [1.82, 2.24) is 0 Å². The standard InChI is InChI=1S/C21H17BrN2O2S/c1-26-18-11-9-17(10-12-18)23-21(27)19(24-13-3-2-4-14-24)20(25)15-5-7-16(22)8-6-15/h2-14H,1H3,(H-,23,25,27)/p+1. The number of nitrogens with one attached hydrogen (secondary N) is 1. The predicted molar refractivity (Wildman–Crippen MR) is 116 cm³/mol. The smallest absolute Gasteiger partial charge is 0.288 e. The second-order valence-electron chi connectivity index (χ2n) is 5.67. The zero-order valence-electron chi connectivity index (χ0n) is 14.6. The molecule has 0 saturated heterocycles. The molecule has 3 rings (SSSR count). The van der Waals surface area contributed by atoms with E-state index in [4.69, 9.17) is 17.0 Å². The van der Waals surface area contributed by atoms with Gasteiger partial charge in [-0.15, -0.1) is 0 Å². The number of halogens is 1. The van der Waals surface area contributed by atoms with E-state index in [2.05, 4.69) is 21.2 Å². The highest BCUT2D eigenvalue weighted by atomic mass is 79.9. The van der Waals surface area contributed by atoms with Crippen LogP contribution < -0.4 is 14.6 Å². The number of methoxy groups -OCH3 is 1. The number of hydrogen-bond donors (Lipinski definition) is 2. The molecule has 0 aliphatic heterocycles. The van der Waals surface area contributed by atoms with Gasteiger partial charge in [-0.3, -0.25) is 0 Å². The maximum absolute atomic E-state index is 11.0. The van der Waals surface area contributed by atoms with Crippen molar-refractivity contribution < 1.29 is 14.4 Å². The molecule has 0 amide bonds. The maximum atomic E-state index is 11.0. The lowest BCUT2D eigenvalue weighted by Crippen LogP contribution is -2.38. The number of rotatable bonds is 5. The summed E-state index contributed by atoms with van der Waals surface area (Å²) in [5.74, 6) is 0.849. The van der Waals surface area contributed by atoms with E-state index in [0.29, 0.717) is 16.2 Å². The molecule has 6 heteroatoms. The maximum Gasteiger partial charge on any atom is 0.288 e. The predicted octanol–water partition coefficient (Wildman–Crippen LogP) is 5.07. The van der Waals surface area contributed by atoms with Gasteiger partial charge in [-0.25, -0.2) is 0 Å². The normalized spacial score (nSPS) is 11.5. The Kier molecular flexibility index (Phi) is 6.21. The fourth-order valence-electron chi connectivity index (χ4n) is 2.50. The molecular weight excluding hydrogens is 424 g/mol. The molecule has 0 spiro atoms. The number of nitrogens with zero attached hydrogens (tertiary/aromatic N) is 1. The minimum absolute atomic E-state index is 0.0877. The van der Waals surface area contributed by atoms with Crippen LogP contribution in [-0.2, 0) is 0 Å². The van der Waals surface area contributed by atoms with E-state index in [1.807, 2.05) is 79.1 Å². The average molecular weight is 442 g/mol. The molecule has 0 aliphatic rings. The van der Waals surface area contributed by atoms with Gasteiger partial charge in [0.15, 0.2) is 23.1 Å². The second kappa shape index (κ2) is 8.79. The van der Waals surface area contributed by atoms with Crippen molar-refractivity contribution in [3.8, 4) is 5.75 Å². The van der Waals surface area contributed by atoms with Crippen LogP contribution in [0.1, 0.15) is 5.56 Å². The lowest BCUT2D eigenvalue weighted by molar-refractivity contribution is -0.575. The summed E-state index contributed by atoms with van der Waals surface area (Å²) in [6.07, 6.45) is 3.68. The van der Waals surface area contributed by atoms with E-state index >= 15 is 0 Å². The molecule has 136 valence electrons. The molecule has 0 atom stereocenters. The fourth-order valence-corrected chi connectivity index (χ4v) is 3.09. The first-order valence-corrected chi connectivity index (χ1v) is 9.40. The molecule has 3 aromatic rings. The van der Waals surface area contributed by atoms with Crippen LogP contribution in [0, 0.1) is 0 Å². The van der Waals surface area contributed by atoms with Gasteiger partial charge in [0, 0.05) is 27.9 Å². The van der Waals surface area contributed by atoms with E-state index in [1.165, 1.54) is 0 Å². The molecule has 1 heterocycles. The third kappa shape index (κ3) is 4.72. The van der Waals surface area contributed by atoms with Gasteiger partial charge in [-0.05, 0) is 48.5 Å². The molecule has 0 radical (unpaired) electrons. The second-order valence-corrected chi connectivity index (χ2v) is 6.99. The Labute approximate surface area is 171 Å². The Hall–Kier alpha value is -2.70. The van der Waals surface area contributed by atoms with Crippen LogP contribution in [-0.4, -0.2) is 17.2 Å². The van der Waals surface area contributed by atoms with Gasteiger partial charge in [0.2, 0.25) is 0 Å². The summed E-state index contributed by atoms with van der Waals surface area (Å²) < 4.78 is 7.90. The first kappa shape index (κ1) is 19.1. The SMILES string of the molecule is COc1ccc(NC(=S)/C(=C(\O)c2ccc(Br)cc2)[n+]2ccccc2)cc1. The molecule has 2 N–H and O–H groups in total. The van der Waals surface area contributed by atoms with Crippen molar-refractivity contribution >= 4 is 50.3 Å². The van der Waals surface area contributed by atoms with Crippen molar-refractivity contribution in [3.05, 3.63) is 89.2 Å². The average Bonchev–Trinajstić information content (AvgIpc) is 2.70. The van der Waals surface area contributed by atoms with Crippen molar-refractivity contribution in [2.75, 3.05) is 12.4 Å². The largest absolute Gasteiger partial charge is 0.502 e. The number of thiocarbonyl (C=S) groups is 1. The summed E-state index contributed by atoms with van der Waals surface area (Å²) in [6, 6.07) is 20.5. The Morgan fingerprint density at radius 2 is 1.63 bits per heavy atom. The number of aliphatic hydroxyl groups excluding tert-OH is 1. The highest BCUT2D eigenvalue weighted by Gasteiger charge is 2.23. The number of anilines is 1. The summed E-state index contributed by atoms with van der Waals surface area (Å²) in [5.41, 5.74) is 1.96. The molecule has 0 saturated carbocycles. The fraction of sp³-hybridized carbons (Fsp3) is 0.0476. The molecule has 27 heavy (non-hydrogen) atoms. The number of ether oxygens (including phenoxy) is 1. The van der Waals surface area contributed by atoms with Crippen LogP contribution in [0.3, 0.4) is 0 Å². The van der Waals surface area contributed by atoms with Gasteiger partial charge < -0.3 is 15.2 Å². The summed E-state index contributed by atoms with van der Waals surface area (Å²) in [7, 11) is 1.62. The molecule has 0 fully saturated rings. The highest BCUT2D eigenvalue weighted by molar-refractivity contribution is 9.10. The third-order valence-corrected chi connectivity index (χ3v) is 4.70. The number of hydrogen-bond acceptors (Lipinski definition) is 3.